The van der Waals surface area contributed by atoms with Crippen LogP contribution in [0.2, 0.25) is 0 Å². The van der Waals surface area contributed by atoms with Gasteiger partial charge < -0.3 is 14.9 Å². The van der Waals surface area contributed by atoms with E-state index in [1.54, 1.807) is 0 Å². The van der Waals surface area contributed by atoms with E-state index >= 15 is 0 Å². The van der Waals surface area contributed by atoms with E-state index in [1.165, 1.54) is 63.4 Å². The van der Waals surface area contributed by atoms with E-state index in [4.69, 9.17) is 9.84 Å². The highest BCUT2D eigenvalue weighted by molar-refractivity contribution is 4.97. The van der Waals surface area contributed by atoms with E-state index in [0.717, 1.165) is 24.2 Å². The van der Waals surface area contributed by atoms with Gasteiger partial charge >= 0.3 is 0 Å². The highest BCUT2D eigenvalue weighted by atomic mass is 16.5. The Kier molecular flexibility index (Phi) is 17.5. The zero-order valence-corrected chi connectivity index (χ0v) is 18.9. The van der Waals surface area contributed by atoms with Crippen LogP contribution in [0.4, 0.5) is 0 Å². The van der Waals surface area contributed by atoms with Crippen LogP contribution in [0.5, 0.6) is 0 Å². The second-order valence-electron chi connectivity index (χ2n) is 9.11. The summed E-state index contributed by atoms with van der Waals surface area (Å²) in [6.07, 6.45) is 14.5. The minimum atomic E-state index is -0.750. The van der Waals surface area contributed by atoms with Crippen LogP contribution in [0.25, 0.3) is 0 Å². The van der Waals surface area contributed by atoms with Crippen molar-refractivity contribution in [2.24, 2.45) is 17.8 Å². The zero-order chi connectivity index (χ0) is 20.5. The van der Waals surface area contributed by atoms with Crippen molar-refractivity contribution < 1.29 is 14.9 Å². The highest BCUT2D eigenvalue weighted by Crippen LogP contribution is 2.22. The molecule has 27 heavy (non-hydrogen) atoms. The number of rotatable bonds is 18. The van der Waals surface area contributed by atoms with Crippen LogP contribution in [0.3, 0.4) is 0 Å². The summed E-state index contributed by atoms with van der Waals surface area (Å²) >= 11 is 0. The predicted molar refractivity (Wildman–Crippen MR) is 117 cm³/mol. The number of hydrogen-bond acceptors (Lipinski definition) is 3. The molecule has 0 radical (unpaired) electrons. The average molecular weight is 385 g/mol. The van der Waals surface area contributed by atoms with Crippen LogP contribution in [0.15, 0.2) is 11.6 Å². The molecular weight excluding hydrogens is 336 g/mol. The molecule has 0 fully saturated rings. The van der Waals surface area contributed by atoms with E-state index in [-0.39, 0.29) is 13.2 Å². The third-order valence-electron chi connectivity index (χ3n) is 5.42. The Morgan fingerprint density at radius 2 is 1.44 bits per heavy atom. The molecule has 0 bridgehead atoms. The Hall–Kier alpha value is -0.380. The van der Waals surface area contributed by atoms with E-state index in [1.807, 2.05) is 0 Å². The summed E-state index contributed by atoms with van der Waals surface area (Å²) in [6, 6.07) is 0. The molecule has 0 amide bonds. The van der Waals surface area contributed by atoms with E-state index in [0.29, 0.717) is 6.61 Å². The topological polar surface area (TPSA) is 49.7 Å². The summed E-state index contributed by atoms with van der Waals surface area (Å²) in [5.74, 6) is 2.58. The summed E-state index contributed by atoms with van der Waals surface area (Å²) in [5.41, 5.74) is 1.44. The second-order valence-corrected chi connectivity index (χ2v) is 9.11. The van der Waals surface area contributed by atoms with Gasteiger partial charge in [-0.15, -0.1) is 0 Å². The standard InChI is InChI=1S/C24H48O3/c1-20(2)10-6-11-21(3)12-7-13-22(4)14-8-15-23(5)16-9-17-27-19-24(26)18-25/h16,20-22,24-26H,6-15,17-19H2,1-5H3/b23-16+. The first-order chi connectivity index (χ1) is 12.8. The molecule has 162 valence electrons. The third kappa shape index (κ3) is 18.7. The first-order valence-electron chi connectivity index (χ1n) is 11.4. The van der Waals surface area contributed by atoms with Crippen molar-refractivity contribution in [3.8, 4) is 0 Å². The second kappa shape index (κ2) is 17.7. The molecule has 0 aliphatic heterocycles. The van der Waals surface area contributed by atoms with Crippen molar-refractivity contribution in [2.45, 2.75) is 105 Å². The predicted octanol–water partition coefficient (Wildman–Crippen LogP) is 6.13. The number of aliphatic hydroxyl groups excluding tert-OH is 2. The molecule has 0 aliphatic rings. The van der Waals surface area contributed by atoms with Crippen molar-refractivity contribution in [3.05, 3.63) is 11.6 Å². The van der Waals surface area contributed by atoms with Gasteiger partial charge in [-0.25, -0.2) is 0 Å². The molecule has 0 saturated heterocycles. The van der Waals surface area contributed by atoms with Crippen LogP contribution < -0.4 is 0 Å². The van der Waals surface area contributed by atoms with E-state index in [2.05, 4.69) is 40.7 Å². The summed E-state index contributed by atoms with van der Waals surface area (Å²) in [5, 5.41) is 17.9. The van der Waals surface area contributed by atoms with Crippen LogP contribution in [0.1, 0.15) is 98.8 Å². The lowest BCUT2D eigenvalue weighted by Crippen LogP contribution is -2.19. The Morgan fingerprint density at radius 3 is 2.00 bits per heavy atom. The lowest BCUT2D eigenvalue weighted by atomic mass is 9.91. The molecule has 3 unspecified atom stereocenters. The minimum absolute atomic E-state index is 0.219. The molecular formula is C24H48O3. The molecule has 3 nitrogen and oxygen atoms in total. The first kappa shape index (κ1) is 26.6. The van der Waals surface area contributed by atoms with Crippen LogP contribution in [0, 0.1) is 17.8 Å². The third-order valence-corrected chi connectivity index (χ3v) is 5.42. The fraction of sp³-hybridized carbons (Fsp3) is 0.917. The van der Waals surface area contributed by atoms with Gasteiger partial charge in [0.15, 0.2) is 0 Å². The lowest BCUT2D eigenvalue weighted by molar-refractivity contribution is 0.00764. The molecule has 3 heteroatoms. The Balaban J connectivity index is 3.60. The molecule has 0 aliphatic carbocycles. The van der Waals surface area contributed by atoms with Crippen LogP contribution in [-0.2, 0) is 4.74 Å². The fourth-order valence-corrected chi connectivity index (χ4v) is 3.47. The summed E-state index contributed by atoms with van der Waals surface area (Å²) < 4.78 is 5.32. The van der Waals surface area contributed by atoms with Crippen molar-refractivity contribution in [1.82, 2.24) is 0 Å². The largest absolute Gasteiger partial charge is 0.394 e. The molecule has 0 saturated carbocycles. The summed E-state index contributed by atoms with van der Waals surface area (Å²) in [6.45, 7) is 12.3. The zero-order valence-electron chi connectivity index (χ0n) is 18.9. The normalized spacial score (nSPS) is 15.9. The summed E-state index contributed by atoms with van der Waals surface area (Å²) in [7, 11) is 0. The molecule has 2 N–H and O–H groups in total. The number of hydrogen-bond donors (Lipinski definition) is 2. The molecule has 0 rings (SSSR count). The fourth-order valence-electron chi connectivity index (χ4n) is 3.47. The smallest absolute Gasteiger partial charge is 0.100 e. The molecule has 3 atom stereocenters. The van der Waals surface area contributed by atoms with Gasteiger partial charge in [-0.2, -0.15) is 0 Å². The van der Waals surface area contributed by atoms with Crippen molar-refractivity contribution >= 4 is 0 Å². The highest BCUT2D eigenvalue weighted by Gasteiger charge is 2.07. The average Bonchev–Trinajstić information content (AvgIpc) is 2.60. The molecule has 0 aromatic rings. The van der Waals surface area contributed by atoms with Gasteiger partial charge in [0.05, 0.1) is 19.8 Å². The Morgan fingerprint density at radius 1 is 0.889 bits per heavy atom. The summed E-state index contributed by atoms with van der Waals surface area (Å²) in [4.78, 5) is 0. The number of aliphatic hydroxyl groups is 2. The van der Waals surface area contributed by atoms with Gasteiger partial charge in [0, 0.05) is 0 Å². The Labute approximate surface area is 169 Å². The molecule has 0 aromatic heterocycles. The van der Waals surface area contributed by atoms with Gasteiger partial charge in [0.2, 0.25) is 0 Å². The first-order valence-corrected chi connectivity index (χ1v) is 11.4. The quantitative estimate of drug-likeness (QED) is 0.221. The van der Waals surface area contributed by atoms with Crippen molar-refractivity contribution in [3.63, 3.8) is 0 Å². The van der Waals surface area contributed by atoms with E-state index < -0.39 is 6.10 Å². The molecule has 0 spiro atoms. The van der Waals surface area contributed by atoms with E-state index in [9.17, 15) is 5.11 Å². The monoisotopic (exact) mass is 384 g/mol. The van der Waals surface area contributed by atoms with Crippen molar-refractivity contribution in [1.29, 1.82) is 0 Å². The van der Waals surface area contributed by atoms with Gasteiger partial charge in [-0.05, 0) is 43.9 Å². The van der Waals surface area contributed by atoms with Gasteiger partial charge in [0.1, 0.15) is 6.10 Å². The molecule has 0 aromatic carbocycles. The van der Waals surface area contributed by atoms with Crippen LogP contribution in [-0.4, -0.2) is 36.1 Å². The SMILES string of the molecule is C/C(=C\CCOCC(O)CO)CCCC(C)CCCC(C)CCCC(C)C. The number of ether oxygens (including phenoxy) is 1. The number of allylic oxidation sites excluding steroid dienone is 1. The van der Waals surface area contributed by atoms with Crippen LogP contribution >= 0.6 is 0 Å². The minimum Gasteiger partial charge on any atom is -0.394 e. The Bertz CT molecular complexity index is 352. The maximum atomic E-state index is 9.19. The molecule has 0 heterocycles. The van der Waals surface area contributed by atoms with Crippen molar-refractivity contribution in [2.75, 3.05) is 19.8 Å². The van der Waals surface area contributed by atoms with Gasteiger partial charge in [-0.3, -0.25) is 0 Å². The van der Waals surface area contributed by atoms with Gasteiger partial charge in [0.25, 0.3) is 0 Å². The maximum absolute atomic E-state index is 9.19. The van der Waals surface area contributed by atoms with Gasteiger partial charge in [-0.1, -0.05) is 84.3 Å². The maximum Gasteiger partial charge on any atom is 0.100 e. The lowest BCUT2D eigenvalue weighted by Gasteiger charge is -2.15.